The van der Waals surface area contributed by atoms with Crippen molar-refractivity contribution in [3.8, 4) is 11.4 Å². The smallest absolute Gasteiger partial charge is 0.216 e. The van der Waals surface area contributed by atoms with E-state index in [2.05, 4.69) is 10.1 Å². The lowest BCUT2D eigenvalue weighted by Crippen LogP contribution is -1.92. The van der Waals surface area contributed by atoms with Crippen molar-refractivity contribution in [1.29, 1.82) is 0 Å². The Kier molecular flexibility index (Phi) is 2.77. The van der Waals surface area contributed by atoms with Crippen LogP contribution in [-0.2, 0) is 7.05 Å². The Balaban J connectivity index is 2.64. The zero-order valence-electron chi connectivity index (χ0n) is 8.09. The molecule has 0 fully saturated rings. The first-order valence-corrected chi connectivity index (χ1v) is 5.05. The quantitative estimate of drug-likeness (QED) is 0.632. The van der Waals surface area contributed by atoms with E-state index in [4.69, 9.17) is 23.8 Å². The predicted octanol–water partition coefficient (Wildman–Crippen LogP) is 3.08. The van der Waals surface area contributed by atoms with Crippen LogP contribution in [0.2, 0.25) is 5.02 Å². The minimum atomic E-state index is -0.706. The standard InChI is InChI=1S/C9H6ClF2N3S/c1-15-9(16)13-8(14-15)4-2-7(12)5(10)3-6(4)11/h2-3H,1H3,(H,13,14,16). The highest BCUT2D eigenvalue weighted by Crippen LogP contribution is 2.25. The van der Waals surface area contributed by atoms with Crippen LogP contribution in [0, 0.1) is 16.4 Å². The molecule has 0 saturated heterocycles. The maximum Gasteiger partial charge on any atom is 0.216 e. The molecule has 1 aromatic carbocycles. The van der Waals surface area contributed by atoms with Gasteiger partial charge in [0, 0.05) is 7.05 Å². The molecule has 0 aliphatic carbocycles. The van der Waals surface area contributed by atoms with Gasteiger partial charge in [0.2, 0.25) is 4.77 Å². The molecule has 0 radical (unpaired) electrons. The minimum Gasteiger partial charge on any atom is -0.279 e. The largest absolute Gasteiger partial charge is 0.279 e. The van der Waals surface area contributed by atoms with Crippen LogP contribution in [0.4, 0.5) is 8.78 Å². The van der Waals surface area contributed by atoms with E-state index in [0.29, 0.717) is 0 Å². The Morgan fingerprint density at radius 3 is 2.62 bits per heavy atom. The summed E-state index contributed by atoms with van der Waals surface area (Å²) in [6.45, 7) is 0. The van der Waals surface area contributed by atoms with Gasteiger partial charge >= 0.3 is 0 Å². The molecule has 2 aromatic rings. The fraction of sp³-hybridized carbons (Fsp3) is 0.111. The normalized spacial score (nSPS) is 10.8. The van der Waals surface area contributed by atoms with Crippen LogP contribution < -0.4 is 0 Å². The summed E-state index contributed by atoms with van der Waals surface area (Å²) in [5, 5.41) is 2.43. The maximum absolute atomic E-state index is 13.5. The Hall–Kier alpha value is -1.27. The van der Waals surface area contributed by atoms with Crippen molar-refractivity contribution in [2.24, 2.45) is 7.05 Å². The first-order chi connectivity index (χ1) is 7.49. The van der Waals surface area contributed by atoms with E-state index in [9.17, 15) is 8.78 Å². The molecule has 1 aromatic heterocycles. The van der Waals surface area contributed by atoms with Crippen LogP contribution in [0.5, 0.6) is 0 Å². The Morgan fingerprint density at radius 2 is 2.06 bits per heavy atom. The molecule has 0 unspecified atom stereocenters. The molecule has 1 N–H and O–H groups in total. The van der Waals surface area contributed by atoms with Gasteiger partial charge in [-0.1, -0.05) is 11.6 Å². The number of benzene rings is 1. The first-order valence-electron chi connectivity index (χ1n) is 4.27. The van der Waals surface area contributed by atoms with Gasteiger partial charge in [0.05, 0.1) is 10.6 Å². The molecule has 0 amide bonds. The van der Waals surface area contributed by atoms with Gasteiger partial charge in [0.25, 0.3) is 0 Å². The summed E-state index contributed by atoms with van der Waals surface area (Å²) < 4.78 is 28.4. The summed E-state index contributed by atoms with van der Waals surface area (Å²) >= 11 is 10.3. The number of aryl methyl sites for hydroxylation is 1. The zero-order valence-corrected chi connectivity index (χ0v) is 9.66. The van der Waals surface area contributed by atoms with Gasteiger partial charge < -0.3 is 0 Å². The Bertz CT molecular complexity index is 605. The summed E-state index contributed by atoms with van der Waals surface area (Å²) in [5.41, 5.74) is -0.00593. The van der Waals surface area contributed by atoms with Crippen molar-refractivity contribution in [2.75, 3.05) is 0 Å². The summed E-state index contributed by atoms with van der Waals surface area (Å²) in [7, 11) is 1.63. The number of rotatable bonds is 1. The van der Waals surface area contributed by atoms with Crippen molar-refractivity contribution in [2.45, 2.75) is 0 Å². The fourth-order valence-electron chi connectivity index (χ4n) is 1.23. The third-order valence-electron chi connectivity index (χ3n) is 2.03. The lowest BCUT2D eigenvalue weighted by molar-refractivity contribution is 0.602. The number of aromatic nitrogens is 3. The van der Waals surface area contributed by atoms with Crippen LogP contribution in [0.15, 0.2) is 12.1 Å². The van der Waals surface area contributed by atoms with E-state index in [1.54, 1.807) is 7.05 Å². The highest BCUT2D eigenvalue weighted by Gasteiger charge is 2.13. The summed E-state index contributed by atoms with van der Waals surface area (Å²) in [4.78, 5) is 3.88. The van der Waals surface area contributed by atoms with E-state index in [1.807, 2.05) is 0 Å². The minimum absolute atomic E-state index is 0.00593. The number of nitrogens with one attached hydrogen (secondary N) is 1. The van der Waals surface area contributed by atoms with Gasteiger partial charge in [-0.15, -0.1) is 0 Å². The molecule has 0 atom stereocenters. The van der Waals surface area contributed by atoms with Crippen molar-refractivity contribution in [3.05, 3.63) is 33.6 Å². The van der Waals surface area contributed by atoms with Gasteiger partial charge in [0.1, 0.15) is 11.6 Å². The van der Waals surface area contributed by atoms with Crippen LogP contribution >= 0.6 is 23.8 Å². The molecule has 0 aliphatic heterocycles. The predicted molar refractivity (Wildman–Crippen MR) is 58.8 cm³/mol. The van der Waals surface area contributed by atoms with Gasteiger partial charge in [-0.05, 0) is 24.4 Å². The van der Waals surface area contributed by atoms with Crippen molar-refractivity contribution in [3.63, 3.8) is 0 Å². The second kappa shape index (κ2) is 3.95. The number of halogens is 3. The molecule has 16 heavy (non-hydrogen) atoms. The molecule has 0 saturated carbocycles. The molecule has 0 aliphatic rings. The van der Waals surface area contributed by atoms with Crippen molar-refractivity contribution >= 4 is 23.8 Å². The highest BCUT2D eigenvalue weighted by molar-refractivity contribution is 7.71. The average Bonchev–Trinajstić information content (AvgIpc) is 2.53. The van der Waals surface area contributed by atoms with E-state index in [1.165, 1.54) is 4.68 Å². The number of hydrogen-bond acceptors (Lipinski definition) is 2. The van der Waals surface area contributed by atoms with E-state index in [-0.39, 0.29) is 21.2 Å². The van der Waals surface area contributed by atoms with Gasteiger partial charge in [-0.25, -0.2) is 8.78 Å². The molecular weight excluding hydrogens is 256 g/mol. The lowest BCUT2D eigenvalue weighted by atomic mass is 10.2. The number of aromatic amines is 1. The molecule has 2 rings (SSSR count). The van der Waals surface area contributed by atoms with Crippen LogP contribution in [0.3, 0.4) is 0 Å². The Labute approximate surface area is 99.7 Å². The van der Waals surface area contributed by atoms with Crippen molar-refractivity contribution in [1.82, 2.24) is 14.8 Å². The summed E-state index contributed by atoms with van der Waals surface area (Å²) in [6, 6.07) is 1.88. The van der Waals surface area contributed by atoms with Gasteiger partial charge in [-0.3, -0.25) is 9.78 Å². The van der Waals surface area contributed by atoms with Crippen LogP contribution in [-0.4, -0.2) is 14.8 Å². The van der Waals surface area contributed by atoms with E-state index >= 15 is 0 Å². The monoisotopic (exact) mass is 261 g/mol. The van der Waals surface area contributed by atoms with Crippen molar-refractivity contribution < 1.29 is 8.78 Å². The fourth-order valence-corrected chi connectivity index (χ4v) is 1.51. The Morgan fingerprint density at radius 1 is 1.38 bits per heavy atom. The van der Waals surface area contributed by atoms with Crippen LogP contribution in [0.25, 0.3) is 11.4 Å². The van der Waals surface area contributed by atoms with Gasteiger partial charge in [0.15, 0.2) is 5.82 Å². The molecule has 0 bridgehead atoms. The summed E-state index contributed by atoms with van der Waals surface area (Å²) in [5.74, 6) is -1.20. The average molecular weight is 262 g/mol. The zero-order chi connectivity index (χ0) is 11.9. The number of nitrogens with zero attached hydrogens (tertiary/aromatic N) is 2. The summed E-state index contributed by atoms with van der Waals surface area (Å²) in [6.07, 6.45) is 0. The second-order valence-electron chi connectivity index (χ2n) is 3.16. The number of hydrogen-bond donors (Lipinski definition) is 1. The topological polar surface area (TPSA) is 33.6 Å². The van der Waals surface area contributed by atoms with Crippen LogP contribution in [0.1, 0.15) is 0 Å². The van der Waals surface area contributed by atoms with E-state index < -0.39 is 11.6 Å². The maximum atomic E-state index is 13.5. The lowest BCUT2D eigenvalue weighted by Gasteiger charge is -2.01. The first kappa shape index (κ1) is 11.2. The molecule has 0 spiro atoms. The SMILES string of the molecule is Cn1[nH]c(-c2cc(F)c(Cl)cc2F)nc1=S. The third kappa shape index (κ3) is 1.85. The molecule has 7 heteroatoms. The third-order valence-corrected chi connectivity index (χ3v) is 2.69. The second-order valence-corrected chi connectivity index (χ2v) is 3.93. The molecule has 1 heterocycles. The highest BCUT2D eigenvalue weighted by atomic mass is 35.5. The van der Waals surface area contributed by atoms with Gasteiger partial charge in [-0.2, -0.15) is 4.98 Å². The molecule has 84 valence electrons. The molecular formula is C9H6ClF2N3S. The molecule has 3 nitrogen and oxygen atoms in total. The number of H-pyrrole nitrogens is 1. The van der Waals surface area contributed by atoms with E-state index in [0.717, 1.165) is 12.1 Å².